The summed E-state index contributed by atoms with van der Waals surface area (Å²) in [6, 6.07) is 77.6. The summed E-state index contributed by atoms with van der Waals surface area (Å²) in [5.41, 5.74) is 23.1. The van der Waals surface area contributed by atoms with E-state index in [4.69, 9.17) is 18.9 Å². The van der Waals surface area contributed by atoms with Gasteiger partial charge in [-0.05, 0) is 247 Å². The van der Waals surface area contributed by atoms with E-state index in [-0.39, 0.29) is 12.2 Å². The van der Waals surface area contributed by atoms with Crippen LogP contribution in [0.1, 0.15) is 374 Å². The number of methoxy groups -OCH3 is 2. The number of aliphatic hydroxyl groups excluding tert-OH is 2. The van der Waals surface area contributed by atoms with Gasteiger partial charge in [0.05, 0.1) is 26.4 Å². The van der Waals surface area contributed by atoms with Crippen molar-refractivity contribution in [3.8, 4) is 23.4 Å². The van der Waals surface area contributed by atoms with Crippen molar-refractivity contribution in [1.82, 2.24) is 9.97 Å². The molecule has 1 aromatic heterocycles. The number of hydrogen-bond donors (Lipinski definition) is 2. The van der Waals surface area contributed by atoms with Crippen molar-refractivity contribution in [2.24, 2.45) is 17.8 Å². The van der Waals surface area contributed by atoms with Gasteiger partial charge < -0.3 is 39.0 Å². The summed E-state index contributed by atoms with van der Waals surface area (Å²) >= 11 is 0. The average molecular weight is 1780 g/mol. The standard InChI is InChI=1S/C13H19N.2C13H20O2.C11H17N.C11H16.C10H20.4C10H14.C9H14N2O2/c1-11(2)12-6-5-7-13(10-12)14-8-3-4-9-14;2*1-4-12(14)9-15-13-7-5-6-11(8-13)10(2)3;1-9(2)10-6-5-7-11(8-10)12(3)4;1-4-10-6-5-7-11(8-10)9(2)3;5*1-8(2)10-6-4-5-9(3)7-10;1-6(2)7-5-10-9(13-4)11-8(7)12-3/h5-7,10-11H,3-4,8-9H2,1-2H3;2*5-8,10,12,14H,4,9H2,1-3H3;5-9H,1-4H3;5-9H,4H2,1-3H3;8-10H,4-7H2,1-3H3;4*4-8H,1-3H3;5-6H,1-4H3/t;2*12-;;;;;;;;/m.10......../s1. The van der Waals surface area contributed by atoms with Crippen molar-refractivity contribution < 1.29 is 29.2 Å². The first-order valence-corrected chi connectivity index (χ1v) is 49.3. The maximum absolute atomic E-state index is 9.37. The molecule has 4 atom stereocenters. The molecule has 0 amide bonds. The number of nitrogens with zero attached hydrogens (tertiary/aromatic N) is 4. The molecule has 10 aromatic rings. The predicted molar refractivity (Wildman–Crippen MR) is 568 cm³/mol. The second kappa shape index (κ2) is 65.4. The monoisotopic (exact) mass is 1780 g/mol. The van der Waals surface area contributed by atoms with Gasteiger partial charge in [0.1, 0.15) is 24.7 Å². The fourth-order valence-corrected chi connectivity index (χ4v) is 14.2. The van der Waals surface area contributed by atoms with Gasteiger partial charge in [0, 0.05) is 50.3 Å². The average Bonchev–Trinajstić information content (AvgIpc) is 1.22. The summed E-state index contributed by atoms with van der Waals surface area (Å²) in [7, 11) is 7.26. The molecule has 130 heavy (non-hydrogen) atoms. The number of ether oxygens (including phenoxy) is 4. The Morgan fingerprint density at radius 3 is 1.03 bits per heavy atom. The van der Waals surface area contributed by atoms with E-state index in [9.17, 15) is 10.2 Å². The molecule has 0 radical (unpaired) electrons. The fraction of sp³-hybridized carbons (Fsp3) is 0.517. The van der Waals surface area contributed by atoms with Crippen LogP contribution < -0.4 is 28.7 Å². The number of rotatable bonds is 24. The van der Waals surface area contributed by atoms with Gasteiger partial charge in [-0.2, -0.15) is 4.98 Å². The van der Waals surface area contributed by atoms with E-state index in [0.29, 0.717) is 84.3 Å². The molecule has 1 aliphatic heterocycles. The van der Waals surface area contributed by atoms with Crippen LogP contribution >= 0.6 is 0 Å². The van der Waals surface area contributed by atoms with Crippen LogP contribution in [0.4, 0.5) is 11.4 Å². The van der Waals surface area contributed by atoms with Gasteiger partial charge in [-0.1, -0.05) is 391 Å². The highest BCUT2D eigenvalue weighted by Crippen LogP contribution is 2.34. The van der Waals surface area contributed by atoms with Crippen LogP contribution in [-0.4, -0.2) is 87.0 Å². The molecule has 2 unspecified atom stereocenters. The molecule has 2 aliphatic rings. The van der Waals surface area contributed by atoms with Gasteiger partial charge in [0.2, 0.25) is 5.88 Å². The number of aromatic nitrogens is 2. The lowest BCUT2D eigenvalue weighted by molar-refractivity contribution is 0.104. The summed E-state index contributed by atoms with van der Waals surface area (Å²) in [4.78, 5) is 12.7. The number of hydrogen-bond acceptors (Lipinski definition) is 10. The van der Waals surface area contributed by atoms with Crippen molar-refractivity contribution >= 4 is 11.4 Å². The van der Waals surface area contributed by atoms with Crippen molar-refractivity contribution in [3.63, 3.8) is 0 Å². The number of benzene rings is 9. The normalized spacial score (nSPS) is 13.5. The van der Waals surface area contributed by atoms with Crippen molar-refractivity contribution in [3.05, 3.63) is 308 Å². The number of anilines is 2. The Morgan fingerprint density at radius 1 is 0.385 bits per heavy atom. The van der Waals surface area contributed by atoms with Gasteiger partial charge in [-0.25, -0.2) is 4.98 Å². The lowest BCUT2D eigenvalue weighted by Crippen LogP contribution is -2.17. The van der Waals surface area contributed by atoms with E-state index in [1.807, 2.05) is 50.2 Å². The van der Waals surface area contributed by atoms with Gasteiger partial charge in [0.15, 0.2) is 0 Å². The van der Waals surface area contributed by atoms with Crippen molar-refractivity contribution in [2.45, 2.75) is 337 Å². The Hall–Kier alpha value is -9.22. The van der Waals surface area contributed by atoms with Gasteiger partial charge >= 0.3 is 6.01 Å². The number of aliphatic hydroxyl groups is 2. The third kappa shape index (κ3) is 49.3. The highest BCUT2D eigenvalue weighted by atomic mass is 16.5. The third-order valence-corrected chi connectivity index (χ3v) is 23.5. The van der Waals surface area contributed by atoms with E-state index < -0.39 is 0 Å². The molecule has 2 fully saturated rings. The Labute approximate surface area is 796 Å². The molecule has 10 nitrogen and oxygen atoms in total. The Kier molecular flexibility index (Phi) is 58.8. The molecule has 12 rings (SSSR count). The number of aryl methyl sites for hydroxylation is 5. The topological polar surface area (TPSA) is 110 Å². The van der Waals surface area contributed by atoms with Gasteiger partial charge in [-0.3, -0.25) is 0 Å². The molecule has 10 heteroatoms. The molecule has 1 aliphatic carbocycles. The molecule has 2 heterocycles. The SMILES string of the molecule is CC(C)c1cccc(N(C)C)c1.CC(C)c1cccc(N2CCCC2)c1.CC1CCCC(C(C)C)C1.CC[C@@H](O)COc1cccc(C(C)C)c1.CC[C@H](O)COc1cccc(C(C)C)c1.CCc1cccc(C(C)C)c1.COc1ncc(C(C)C)c(OC)n1.Cc1cccc(C(C)C)c1.Cc1cccc(C(C)C)c1.Cc1cccc(C(C)C)c1.Cc1cccc(C(C)C)c1. The first-order chi connectivity index (χ1) is 61.6. The summed E-state index contributed by atoms with van der Waals surface area (Å²) in [5, 5.41) is 18.7. The lowest BCUT2D eigenvalue weighted by atomic mass is 9.77. The second-order valence-electron chi connectivity index (χ2n) is 39.1. The maximum Gasteiger partial charge on any atom is 0.319 e. The highest BCUT2D eigenvalue weighted by molar-refractivity contribution is 5.50. The fourth-order valence-electron chi connectivity index (χ4n) is 14.2. The van der Waals surface area contributed by atoms with Crippen LogP contribution in [0.2, 0.25) is 0 Å². The van der Waals surface area contributed by atoms with Crippen molar-refractivity contribution in [2.75, 3.05) is 64.4 Å². The molecule has 718 valence electrons. The van der Waals surface area contributed by atoms with Crippen LogP contribution in [0.15, 0.2) is 225 Å². The zero-order valence-corrected chi connectivity index (χ0v) is 88.0. The molecule has 0 bridgehead atoms. The second-order valence-corrected chi connectivity index (χ2v) is 39.1. The zero-order valence-electron chi connectivity index (χ0n) is 88.0. The van der Waals surface area contributed by atoms with Crippen LogP contribution in [0.3, 0.4) is 0 Å². The first kappa shape index (κ1) is 117. The summed E-state index contributed by atoms with van der Waals surface area (Å²) in [5.74, 6) is 11.1. The van der Waals surface area contributed by atoms with Crippen molar-refractivity contribution in [1.29, 1.82) is 0 Å². The minimum atomic E-state index is -0.368. The molecule has 1 saturated carbocycles. The minimum absolute atomic E-state index is 0.334. The van der Waals surface area contributed by atoms with Crippen LogP contribution in [0, 0.1) is 45.4 Å². The molecular formula is C120H182N4O6. The maximum atomic E-state index is 9.37. The molecule has 0 spiro atoms. The first-order valence-electron chi connectivity index (χ1n) is 49.3. The molecular weight excluding hydrogens is 1590 g/mol. The molecule has 1 saturated heterocycles. The van der Waals surface area contributed by atoms with Crippen LogP contribution in [-0.2, 0) is 6.42 Å². The third-order valence-electron chi connectivity index (χ3n) is 23.5. The highest BCUT2D eigenvalue weighted by Gasteiger charge is 2.21. The van der Waals surface area contributed by atoms with E-state index >= 15 is 0 Å². The summed E-state index contributed by atoms with van der Waals surface area (Å²) < 4.78 is 21.0. The largest absolute Gasteiger partial charge is 0.491 e. The summed E-state index contributed by atoms with van der Waals surface area (Å²) in [6.45, 7) is 68.8. The Morgan fingerprint density at radius 2 is 0.723 bits per heavy atom. The van der Waals surface area contributed by atoms with Gasteiger partial charge in [0.25, 0.3) is 0 Å². The van der Waals surface area contributed by atoms with E-state index in [1.165, 1.54) is 148 Å². The van der Waals surface area contributed by atoms with E-state index in [1.54, 1.807) is 13.3 Å². The minimum Gasteiger partial charge on any atom is -0.491 e. The smallest absolute Gasteiger partial charge is 0.319 e. The van der Waals surface area contributed by atoms with E-state index in [2.05, 4.69) is 410 Å². The Bertz CT molecular complexity index is 4300. The molecule has 2 N–H and O–H groups in total. The molecule has 9 aromatic carbocycles. The zero-order chi connectivity index (χ0) is 97.5. The van der Waals surface area contributed by atoms with Crippen LogP contribution in [0.5, 0.6) is 23.4 Å². The van der Waals surface area contributed by atoms with E-state index in [0.717, 1.165) is 54.1 Å². The lowest BCUT2D eigenvalue weighted by Gasteiger charge is -2.29. The summed E-state index contributed by atoms with van der Waals surface area (Å²) in [6.07, 6.45) is 12.2. The van der Waals surface area contributed by atoms with Gasteiger partial charge in [-0.15, -0.1) is 0 Å². The quantitative estimate of drug-likeness (QED) is 0.0607. The predicted octanol–water partition coefficient (Wildman–Crippen LogP) is 33.1. The van der Waals surface area contributed by atoms with Crippen LogP contribution in [0.25, 0.3) is 0 Å². The Balaban J connectivity index is 0.000000486.